The SMILES string of the molecule is Cc1cc(C(=O)Cl)cc(C)n1. The van der Waals surface area contributed by atoms with Crippen LogP contribution in [0.4, 0.5) is 0 Å². The van der Waals surface area contributed by atoms with Crippen molar-refractivity contribution in [1.82, 2.24) is 4.98 Å². The molecule has 0 aliphatic carbocycles. The third kappa shape index (κ3) is 2.02. The van der Waals surface area contributed by atoms with E-state index in [4.69, 9.17) is 11.6 Å². The Morgan fingerprint density at radius 1 is 1.36 bits per heavy atom. The van der Waals surface area contributed by atoms with Crippen LogP contribution in [0.2, 0.25) is 0 Å². The van der Waals surface area contributed by atoms with Crippen LogP contribution >= 0.6 is 11.6 Å². The van der Waals surface area contributed by atoms with Gasteiger partial charge in [0.1, 0.15) is 0 Å². The van der Waals surface area contributed by atoms with Crippen molar-refractivity contribution >= 4 is 16.8 Å². The minimum absolute atomic E-state index is 0.432. The quantitative estimate of drug-likeness (QED) is 0.603. The van der Waals surface area contributed by atoms with Crippen molar-refractivity contribution in [3.63, 3.8) is 0 Å². The summed E-state index contributed by atoms with van der Waals surface area (Å²) in [4.78, 5) is 14.8. The lowest BCUT2D eigenvalue weighted by atomic mass is 10.2. The minimum Gasteiger partial charge on any atom is -0.276 e. The molecule has 0 aliphatic heterocycles. The molecule has 3 heteroatoms. The monoisotopic (exact) mass is 169 g/mol. The second-order valence-electron chi connectivity index (χ2n) is 2.41. The van der Waals surface area contributed by atoms with Gasteiger partial charge in [0.05, 0.1) is 0 Å². The Morgan fingerprint density at radius 2 is 1.82 bits per heavy atom. The molecular formula is C8H8ClNO. The lowest BCUT2D eigenvalue weighted by molar-refractivity contribution is 0.108. The number of aryl methyl sites for hydroxylation is 2. The molecule has 1 aromatic rings. The van der Waals surface area contributed by atoms with E-state index in [0.717, 1.165) is 11.4 Å². The van der Waals surface area contributed by atoms with E-state index in [1.54, 1.807) is 12.1 Å². The first-order chi connectivity index (χ1) is 5.09. The topological polar surface area (TPSA) is 30.0 Å². The smallest absolute Gasteiger partial charge is 0.252 e. The minimum atomic E-state index is -0.432. The zero-order valence-corrected chi connectivity index (χ0v) is 7.14. The third-order valence-corrected chi connectivity index (χ3v) is 1.53. The second-order valence-corrected chi connectivity index (χ2v) is 2.76. The molecule has 0 aromatic carbocycles. The maximum atomic E-state index is 10.7. The Bertz CT molecular complexity index is 276. The first-order valence-corrected chi connectivity index (χ1v) is 3.62. The van der Waals surface area contributed by atoms with E-state index < -0.39 is 5.24 Å². The van der Waals surface area contributed by atoms with E-state index >= 15 is 0 Å². The van der Waals surface area contributed by atoms with Crippen LogP contribution in [-0.2, 0) is 0 Å². The molecule has 2 nitrogen and oxygen atoms in total. The molecule has 11 heavy (non-hydrogen) atoms. The molecule has 0 atom stereocenters. The normalized spacial score (nSPS) is 9.73. The summed E-state index contributed by atoms with van der Waals surface area (Å²) in [5, 5.41) is -0.432. The molecule has 0 spiro atoms. The zero-order valence-electron chi connectivity index (χ0n) is 6.39. The van der Waals surface area contributed by atoms with Gasteiger partial charge in [-0.1, -0.05) is 0 Å². The standard InChI is InChI=1S/C8H8ClNO/c1-5-3-7(8(9)11)4-6(2)10-5/h3-4H,1-2H3. The fourth-order valence-corrected chi connectivity index (χ4v) is 1.06. The molecule has 0 amide bonds. The second kappa shape index (κ2) is 3.01. The number of pyridine rings is 1. The lowest BCUT2D eigenvalue weighted by Gasteiger charge is -1.97. The Kier molecular flexibility index (Phi) is 2.25. The van der Waals surface area contributed by atoms with Crippen LogP contribution in [0, 0.1) is 13.8 Å². The van der Waals surface area contributed by atoms with Crippen LogP contribution < -0.4 is 0 Å². The van der Waals surface area contributed by atoms with E-state index in [0.29, 0.717) is 5.56 Å². The first kappa shape index (κ1) is 8.21. The Morgan fingerprint density at radius 3 is 2.18 bits per heavy atom. The van der Waals surface area contributed by atoms with Crippen LogP contribution in [0.25, 0.3) is 0 Å². The molecule has 0 radical (unpaired) electrons. The van der Waals surface area contributed by atoms with Crippen LogP contribution in [0.3, 0.4) is 0 Å². The fourth-order valence-electron chi connectivity index (χ4n) is 0.948. The summed E-state index contributed by atoms with van der Waals surface area (Å²) in [7, 11) is 0. The van der Waals surface area contributed by atoms with Crippen LogP contribution in [-0.4, -0.2) is 10.2 Å². The molecule has 0 aliphatic rings. The van der Waals surface area contributed by atoms with Crippen LogP contribution in [0.15, 0.2) is 12.1 Å². The molecule has 0 saturated carbocycles. The summed E-state index contributed by atoms with van der Waals surface area (Å²) < 4.78 is 0. The highest BCUT2D eigenvalue weighted by molar-refractivity contribution is 6.67. The molecule has 1 heterocycles. The predicted molar refractivity (Wildman–Crippen MR) is 43.9 cm³/mol. The van der Waals surface area contributed by atoms with E-state index in [1.807, 2.05) is 13.8 Å². The number of rotatable bonds is 1. The van der Waals surface area contributed by atoms with Crippen molar-refractivity contribution in [2.24, 2.45) is 0 Å². The summed E-state index contributed by atoms with van der Waals surface area (Å²) in [6.45, 7) is 3.66. The zero-order chi connectivity index (χ0) is 8.43. The Labute approximate surface area is 70.2 Å². The van der Waals surface area contributed by atoms with E-state index in [9.17, 15) is 4.79 Å². The van der Waals surface area contributed by atoms with Crippen molar-refractivity contribution in [2.75, 3.05) is 0 Å². The van der Waals surface area contributed by atoms with Crippen molar-refractivity contribution in [1.29, 1.82) is 0 Å². The van der Waals surface area contributed by atoms with Crippen LogP contribution in [0.5, 0.6) is 0 Å². The van der Waals surface area contributed by atoms with Gasteiger partial charge in [-0.25, -0.2) is 0 Å². The van der Waals surface area contributed by atoms with Crippen molar-refractivity contribution < 1.29 is 4.79 Å². The fraction of sp³-hybridized carbons (Fsp3) is 0.250. The van der Waals surface area contributed by atoms with Gasteiger partial charge in [0, 0.05) is 17.0 Å². The molecule has 0 saturated heterocycles. The van der Waals surface area contributed by atoms with Gasteiger partial charge in [-0.05, 0) is 37.6 Å². The summed E-state index contributed by atoms with van der Waals surface area (Å²) in [6.07, 6.45) is 0. The molecule has 1 rings (SSSR count). The van der Waals surface area contributed by atoms with E-state index in [2.05, 4.69) is 4.98 Å². The number of carbonyl (C=O) groups excluding carboxylic acids is 1. The van der Waals surface area contributed by atoms with Crippen molar-refractivity contribution in [3.8, 4) is 0 Å². The first-order valence-electron chi connectivity index (χ1n) is 3.25. The number of aromatic nitrogens is 1. The van der Waals surface area contributed by atoms with Crippen molar-refractivity contribution in [3.05, 3.63) is 29.1 Å². The highest BCUT2D eigenvalue weighted by atomic mass is 35.5. The van der Waals surface area contributed by atoms with Gasteiger partial charge in [-0.2, -0.15) is 0 Å². The number of hydrogen-bond acceptors (Lipinski definition) is 2. The van der Waals surface area contributed by atoms with E-state index in [1.165, 1.54) is 0 Å². The van der Waals surface area contributed by atoms with Gasteiger partial charge in [-0.15, -0.1) is 0 Å². The number of carbonyl (C=O) groups is 1. The van der Waals surface area contributed by atoms with Gasteiger partial charge >= 0.3 is 0 Å². The molecule has 1 aromatic heterocycles. The summed E-state index contributed by atoms with van der Waals surface area (Å²) in [5.41, 5.74) is 2.14. The number of halogens is 1. The number of hydrogen-bond donors (Lipinski definition) is 0. The van der Waals surface area contributed by atoms with Gasteiger partial charge in [0.25, 0.3) is 5.24 Å². The molecule has 0 N–H and O–H groups in total. The lowest BCUT2D eigenvalue weighted by Crippen LogP contribution is -1.94. The Hall–Kier alpha value is -0.890. The van der Waals surface area contributed by atoms with Crippen molar-refractivity contribution in [2.45, 2.75) is 13.8 Å². The number of nitrogens with zero attached hydrogens (tertiary/aromatic N) is 1. The van der Waals surface area contributed by atoms with Gasteiger partial charge in [-0.3, -0.25) is 9.78 Å². The van der Waals surface area contributed by atoms with Crippen LogP contribution in [0.1, 0.15) is 21.7 Å². The van der Waals surface area contributed by atoms with E-state index in [-0.39, 0.29) is 0 Å². The largest absolute Gasteiger partial charge is 0.276 e. The summed E-state index contributed by atoms with van der Waals surface area (Å²) >= 11 is 5.28. The molecule has 0 bridgehead atoms. The highest BCUT2D eigenvalue weighted by Crippen LogP contribution is 2.07. The van der Waals surface area contributed by atoms with Gasteiger partial charge < -0.3 is 0 Å². The predicted octanol–water partition coefficient (Wildman–Crippen LogP) is 2.08. The maximum Gasteiger partial charge on any atom is 0.252 e. The maximum absolute atomic E-state index is 10.7. The third-order valence-electron chi connectivity index (χ3n) is 1.31. The summed E-state index contributed by atoms with van der Waals surface area (Å²) in [6, 6.07) is 3.34. The molecule has 58 valence electrons. The average Bonchev–Trinajstić information content (AvgIpc) is 1.85. The van der Waals surface area contributed by atoms with Gasteiger partial charge in [0.15, 0.2) is 0 Å². The molecular weight excluding hydrogens is 162 g/mol. The Balaban J connectivity index is 3.19. The average molecular weight is 170 g/mol. The highest BCUT2D eigenvalue weighted by Gasteiger charge is 2.02. The summed E-state index contributed by atoms with van der Waals surface area (Å²) in [5.74, 6) is 0. The van der Waals surface area contributed by atoms with Gasteiger partial charge in [0.2, 0.25) is 0 Å². The molecule has 0 unspecified atom stereocenters. The molecule has 0 fully saturated rings.